The van der Waals surface area contributed by atoms with E-state index >= 15 is 0 Å². The number of nitrogens with zero attached hydrogens (tertiary/aromatic N) is 1. The zero-order chi connectivity index (χ0) is 12.4. The van der Waals surface area contributed by atoms with E-state index in [1.165, 1.54) is 11.3 Å². The molecule has 3 rings (SSSR count). The molecule has 2 aliphatic rings. The average molecular weight is 246 g/mol. The van der Waals surface area contributed by atoms with Crippen LogP contribution < -0.4 is 15.0 Å². The molecular weight excluding hydrogens is 228 g/mol. The van der Waals surface area contributed by atoms with Gasteiger partial charge in [0.25, 0.3) is 0 Å². The van der Waals surface area contributed by atoms with Crippen LogP contribution in [0.25, 0.3) is 0 Å². The Bertz CT molecular complexity index is 439. The third-order valence-electron chi connectivity index (χ3n) is 3.83. The van der Waals surface area contributed by atoms with Crippen molar-refractivity contribution in [2.24, 2.45) is 0 Å². The summed E-state index contributed by atoms with van der Waals surface area (Å²) in [6, 6.07) is 6.72. The maximum atomic E-state index is 10.4. The van der Waals surface area contributed by atoms with E-state index in [9.17, 15) is 4.79 Å². The predicted octanol–water partition coefficient (Wildman–Crippen LogP) is 1.34. The standard InChI is InChI=1S/C14H18N2O2/c17-10-15-12-4-7-16(8-5-12)13-3-1-2-11-6-9-18-14(11)13/h1-3,10,12H,4-9H2,(H,15,17). The molecule has 0 aromatic heterocycles. The van der Waals surface area contributed by atoms with Gasteiger partial charge in [-0.05, 0) is 24.5 Å². The molecule has 0 saturated carbocycles. The summed E-state index contributed by atoms with van der Waals surface area (Å²) in [4.78, 5) is 12.8. The van der Waals surface area contributed by atoms with Crippen LogP contribution in [0, 0.1) is 0 Å². The molecule has 0 aliphatic carbocycles. The maximum Gasteiger partial charge on any atom is 0.207 e. The van der Waals surface area contributed by atoms with Crippen molar-refractivity contribution >= 4 is 12.1 Å². The Kier molecular flexibility index (Phi) is 3.09. The number of carbonyl (C=O) groups is 1. The number of hydrogen-bond acceptors (Lipinski definition) is 3. The van der Waals surface area contributed by atoms with Crippen molar-refractivity contribution in [1.29, 1.82) is 0 Å². The highest BCUT2D eigenvalue weighted by molar-refractivity contribution is 5.63. The van der Waals surface area contributed by atoms with E-state index < -0.39 is 0 Å². The fraction of sp³-hybridized carbons (Fsp3) is 0.500. The van der Waals surface area contributed by atoms with Crippen molar-refractivity contribution in [3.8, 4) is 5.75 Å². The van der Waals surface area contributed by atoms with Gasteiger partial charge in [-0.15, -0.1) is 0 Å². The maximum absolute atomic E-state index is 10.4. The first-order valence-electron chi connectivity index (χ1n) is 6.58. The summed E-state index contributed by atoms with van der Waals surface area (Å²) in [6.45, 7) is 2.76. The monoisotopic (exact) mass is 246 g/mol. The van der Waals surface area contributed by atoms with Crippen molar-refractivity contribution in [3.05, 3.63) is 23.8 Å². The van der Waals surface area contributed by atoms with E-state index in [1.807, 2.05) is 0 Å². The molecule has 0 atom stereocenters. The number of rotatable bonds is 3. The van der Waals surface area contributed by atoms with E-state index in [0.717, 1.165) is 51.1 Å². The number of ether oxygens (including phenoxy) is 1. The molecule has 1 amide bonds. The molecule has 0 spiro atoms. The van der Waals surface area contributed by atoms with E-state index in [-0.39, 0.29) is 0 Å². The van der Waals surface area contributed by atoms with Crippen molar-refractivity contribution in [1.82, 2.24) is 5.32 Å². The average Bonchev–Trinajstić information content (AvgIpc) is 2.88. The molecule has 0 bridgehead atoms. The zero-order valence-corrected chi connectivity index (χ0v) is 10.4. The molecule has 4 nitrogen and oxygen atoms in total. The van der Waals surface area contributed by atoms with E-state index in [4.69, 9.17) is 4.74 Å². The highest BCUT2D eigenvalue weighted by Gasteiger charge is 2.24. The van der Waals surface area contributed by atoms with E-state index in [0.29, 0.717) is 6.04 Å². The Morgan fingerprint density at radius 2 is 2.17 bits per heavy atom. The number of benzene rings is 1. The highest BCUT2D eigenvalue weighted by atomic mass is 16.5. The Balaban J connectivity index is 1.73. The normalized spacial score (nSPS) is 19.2. The number of amides is 1. The lowest BCUT2D eigenvalue weighted by atomic mass is 10.0. The third kappa shape index (κ3) is 2.03. The van der Waals surface area contributed by atoms with Gasteiger partial charge < -0.3 is 15.0 Å². The van der Waals surface area contributed by atoms with Gasteiger partial charge in [0, 0.05) is 25.6 Å². The molecule has 0 unspecified atom stereocenters. The topological polar surface area (TPSA) is 41.6 Å². The molecule has 2 aliphatic heterocycles. The molecule has 2 heterocycles. The summed E-state index contributed by atoms with van der Waals surface area (Å²) in [5.74, 6) is 1.07. The molecule has 96 valence electrons. The van der Waals surface area contributed by atoms with Gasteiger partial charge in [-0.25, -0.2) is 0 Å². The van der Waals surface area contributed by atoms with E-state index in [2.05, 4.69) is 28.4 Å². The van der Waals surface area contributed by atoms with E-state index in [1.54, 1.807) is 0 Å². The van der Waals surface area contributed by atoms with Gasteiger partial charge in [0.1, 0.15) is 5.75 Å². The van der Waals surface area contributed by atoms with Crippen LogP contribution in [-0.2, 0) is 11.2 Å². The van der Waals surface area contributed by atoms with Gasteiger partial charge >= 0.3 is 0 Å². The minimum atomic E-state index is 0.330. The Morgan fingerprint density at radius 3 is 2.94 bits per heavy atom. The summed E-state index contributed by atoms with van der Waals surface area (Å²) in [5.41, 5.74) is 2.54. The van der Waals surface area contributed by atoms with Gasteiger partial charge in [-0.1, -0.05) is 12.1 Å². The second kappa shape index (κ2) is 4.88. The van der Waals surface area contributed by atoms with Crippen LogP contribution in [0.3, 0.4) is 0 Å². The SMILES string of the molecule is O=CNC1CCN(c2cccc3c2OCC3)CC1. The van der Waals surface area contributed by atoms with Crippen LogP contribution in [-0.4, -0.2) is 32.1 Å². The molecule has 0 radical (unpaired) electrons. The third-order valence-corrected chi connectivity index (χ3v) is 3.83. The van der Waals surface area contributed by atoms with Gasteiger partial charge in [0.2, 0.25) is 6.41 Å². The zero-order valence-electron chi connectivity index (χ0n) is 10.4. The van der Waals surface area contributed by atoms with Crippen LogP contribution in [0.1, 0.15) is 18.4 Å². The van der Waals surface area contributed by atoms with Crippen LogP contribution in [0.2, 0.25) is 0 Å². The lowest BCUT2D eigenvalue weighted by Gasteiger charge is -2.34. The fourth-order valence-electron chi connectivity index (χ4n) is 2.83. The first-order chi connectivity index (χ1) is 8.88. The van der Waals surface area contributed by atoms with Crippen molar-refractivity contribution in [3.63, 3.8) is 0 Å². The summed E-state index contributed by atoms with van der Waals surface area (Å²) in [7, 11) is 0. The molecular formula is C14H18N2O2. The number of hydrogen-bond donors (Lipinski definition) is 1. The Hall–Kier alpha value is -1.71. The minimum absolute atomic E-state index is 0.330. The predicted molar refractivity (Wildman–Crippen MR) is 70.1 cm³/mol. The summed E-state index contributed by atoms with van der Waals surface area (Å²) < 4.78 is 5.74. The summed E-state index contributed by atoms with van der Waals surface area (Å²) >= 11 is 0. The summed E-state index contributed by atoms with van der Waals surface area (Å²) in [5, 5.41) is 2.87. The van der Waals surface area contributed by atoms with Gasteiger partial charge in [0.05, 0.1) is 12.3 Å². The Morgan fingerprint density at radius 1 is 1.33 bits per heavy atom. The van der Waals surface area contributed by atoms with Crippen molar-refractivity contribution in [2.75, 3.05) is 24.6 Å². The molecule has 18 heavy (non-hydrogen) atoms. The van der Waals surface area contributed by atoms with Crippen LogP contribution in [0.4, 0.5) is 5.69 Å². The molecule has 4 heteroatoms. The second-order valence-electron chi connectivity index (χ2n) is 4.91. The van der Waals surface area contributed by atoms with Gasteiger partial charge in [-0.3, -0.25) is 4.79 Å². The number of nitrogens with one attached hydrogen (secondary N) is 1. The molecule has 1 fully saturated rings. The Labute approximate surface area is 107 Å². The molecule has 1 saturated heterocycles. The quantitative estimate of drug-likeness (QED) is 0.818. The summed E-state index contributed by atoms with van der Waals surface area (Å²) in [6.07, 6.45) is 3.83. The van der Waals surface area contributed by atoms with Gasteiger partial charge in [0.15, 0.2) is 0 Å². The van der Waals surface area contributed by atoms with Crippen molar-refractivity contribution in [2.45, 2.75) is 25.3 Å². The first-order valence-corrected chi connectivity index (χ1v) is 6.58. The minimum Gasteiger partial charge on any atom is -0.491 e. The lowest BCUT2D eigenvalue weighted by Crippen LogP contribution is -2.42. The molecule has 1 N–H and O–H groups in total. The largest absolute Gasteiger partial charge is 0.491 e. The second-order valence-corrected chi connectivity index (χ2v) is 4.91. The number of anilines is 1. The molecule has 1 aromatic carbocycles. The van der Waals surface area contributed by atoms with Gasteiger partial charge in [-0.2, -0.15) is 0 Å². The smallest absolute Gasteiger partial charge is 0.207 e. The van der Waals surface area contributed by atoms with Crippen LogP contribution in [0.15, 0.2) is 18.2 Å². The highest BCUT2D eigenvalue weighted by Crippen LogP contribution is 2.37. The van der Waals surface area contributed by atoms with Crippen LogP contribution in [0.5, 0.6) is 5.75 Å². The lowest BCUT2D eigenvalue weighted by molar-refractivity contribution is -0.110. The fourth-order valence-corrected chi connectivity index (χ4v) is 2.83. The van der Waals surface area contributed by atoms with Crippen molar-refractivity contribution < 1.29 is 9.53 Å². The molecule has 1 aromatic rings. The number of fused-ring (bicyclic) bond motifs is 1. The van der Waals surface area contributed by atoms with Crippen LogP contribution >= 0.6 is 0 Å². The number of para-hydroxylation sites is 1. The number of piperidine rings is 1. The first kappa shape index (κ1) is 11.4. The number of carbonyl (C=O) groups excluding carboxylic acids is 1.